The Morgan fingerprint density at radius 2 is 2.00 bits per heavy atom. The summed E-state index contributed by atoms with van der Waals surface area (Å²) >= 11 is 5.81. The molecule has 0 fully saturated rings. The Kier molecular flexibility index (Phi) is 6.81. The number of aliphatic carboxylic acids is 1. The Labute approximate surface area is 139 Å². The third-order valence-electron chi connectivity index (χ3n) is 2.83. The average Bonchev–Trinajstić information content (AvgIpc) is 2.32. The third kappa shape index (κ3) is 8.40. The van der Waals surface area contributed by atoms with E-state index in [1.54, 1.807) is 26.8 Å². The second kappa shape index (κ2) is 8.15. The molecule has 1 unspecified atom stereocenters. The number of halogens is 2. The van der Waals surface area contributed by atoms with E-state index in [2.05, 4.69) is 5.32 Å². The van der Waals surface area contributed by atoms with Gasteiger partial charge < -0.3 is 15.2 Å². The normalized spacial score (nSPS) is 12.6. The number of carbonyl (C=O) groups is 2. The molecule has 0 spiro atoms. The molecule has 2 N–H and O–H groups in total. The topological polar surface area (TPSA) is 75.6 Å². The molecule has 0 aliphatic heterocycles. The molecule has 1 amide bonds. The number of carbonyl (C=O) groups excluding carboxylic acids is 1. The first-order chi connectivity index (χ1) is 10.5. The third-order valence-corrected chi connectivity index (χ3v) is 3.05. The molecule has 0 aliphatic carbocycles. The highest BCUT2D eigenvalue weighted by Gasteiger charge is 2.20. The van der Waals surface area contributed by atoms with Gasteiger partial charge in [0.05, 0.1) is 0 Å². The Bertz CT molecular complexity index is 551. The van der Waals surface area contributed by atoms with Gasteiger partial charge in [0.1, 0.15) is 11.4 Å². The number of carboxylic acids is 1. The molecule has 0 bridgehead atoms. The first-order valence-electron chi connectivity index (χ1n) is 7.21. The smallest absolute Gasteiger partial charge is 0.407 e. The molecule has 5 nitrogen and oxygen atoms in total. The molecule has 128 valence electrons. The zero-order valence-corrected chi connectivity index (χ0v) is 14.1. The Morgan fingerprint density at radius 1 is 1.35 bits per heavy atom. The quantitative estimate of drug-likeness (QED) is 0.822. The summed E-state index contributed by atoms with van der Waals surface area (Å²) in [6, 6.07) is 3.56. The molecular formula is C16H21ClFNO4. The highest BCUT2D eigenvalue weighted by atomic mass is 35.5. The van der Waals surface area contributed by atoms with Crippen molar-refractivity contribution < 1.29 is 23.8 Å². The lowest BCUT2D eigenvalue weighted by molar-refractivity contribution is -0.137. The number of benzene rings is 1. The van der Waals surface area contributed by atoms with Crippen LogP contribution in [0.25, 0.3) is 0 Å². The molecule has 0 saturated carbocycles. The molecule has 7 heteroatoms. The number of hydrogen-bond donors (Lipinski definition) is 2. The lowest BCUT2D eigenvalue weighted by atomic mass is 10.0. The van der Waals surface area contributed by atoms with Crippen LogP contribution < -0.4 is 5.32 Å². The Balaban J connectivity index is 2.78. The van der Waals surface area contributed by atoms with Crippen molar-refractivity contribution in [3.05, 3.63) is 34.6 Å². The summed E-state index contributed by atoms with van der Waals surface area (Å²) in [5.41, 5.74) is -0.0923. The fourth-order valence-corrected chi connectivity index (χ4v) is 2.25. The maximum Gasteiger partial charge on any atom is 0.407 e. The van der Waals surface area contributed by atoms with E-state index in [4.69, 9.17) is 21.4 Å². The maximum absolute atomic E-state index is 13.4. The van der Waals surface area contributed by atoms with Gasteiger partial charge in [-0.1, -0.05) is 11.6 Å². The van der Waals surface area contributed by atoms with Crippen molar-refractivity contribution in [2.45, 2.75) is 51.7 Å². The van der Waals surface area contributed by atoms with Gasteiger partial charge in [0.25, 0.3) is 0 Å². The van der Waals surface area contributed by atoms with E-state index in [0.29, 0.717) is 5.56 Å². The molecule has 1 rings (SSSR count). The maximum atomic E-state index is 13.4. The summed E-state index contributed by atoms with van der Waals surface area (Å²) in [6.07, 6.45) is -0.314. The monoisotopic (exact) mass is 345 g/mol. The predicted octanol–water partition coefficient (Wildman–Crippen LogP) is 3.78. The minimum Gasteiger partial charge on any atom is -0.481 e. The van der Waals surface area contributed by atoms with Crippen molar-refractivity contribution in [1.82, 2.24) is 5.32 Å². The summed E-state index contributed by atoms with van der Waals surface area (Å²) in [4.78, 5) is 22.6. The van der Waals surface area contributed by atoms with Gasteiger partial charge in [-0.3, -0.25) is 4.79 Å². The SMILES string of the molecule is CC(C)(C)OC(=O)NC(CCC(=O)O)Cc1cc(F)cc(Cl)c1. The van der Waals surface area contributed by atoms with Gasteiger partial charge in [0, 0.05) is 17.5 Å². The molecular weight excluding hydrogens is 325 g/mol. The summed E-state index contributed by atoms with van der Waals surface area (Å²) in [5, 5.41) is 11.7. The van der Waals surface area contributed by atoms with Crippen molar-refractivity contribution in [1.29, 1.82) is 0 Å². The van der Waals surface area contributed by atoms with E-state index >= 15 is 0 Å². The summed E-state index contributed by atoms with van der Waals surface area (Å²) in [5.74, 6) is -1.46. The van der Waals surface area contributed by atoms with Crippen molar-refractivity contribution in [3.8, 4) is 0 Å². The second-order valence-electron chi connectivity index (χ2n) is 6.26. The van der Waals surface area contributed by atoms with Gasteiger partial charge in [-0.15, -0.1) is 0 Å². The minimum absolute atomic E-state index is 0.122. The number of alkyl carbamates (subject to hydrolysis) is 1. The van der Waals surface area contributed by atoms with Crippen molar-refractivity contribution >= 4 is 23.7 Å². The highest BCUT2D eigenvalue weighted by molar-refractivity contribution is 6.30. The van der Waals surface area contributed by atoms with Crippen LogP contribution in [0.15, 0.2) is 18.2 Å². The summed E-state index contributed by atoms with van der Waals surface area (Å²) in [7, 11) is 0. The van der Waals surface area contributed by atoms with Gasteiger partial charge in [-0.25, -0.2) is 9.18 Å². The zero-order valence-electron chi connectivity index (χ0n) is 13.4. The van der Waals surface area contributed by atoms with Crippen LogP contribution in [0.1, 0.15) is 39.2 Å². The van der Waals surface area contributed by atoms with Crippen LogP contribution in [0.3, 0.4) is 0 Å². The number of hydrogen-bond acceptors (Lipinski definition) is 3. The average molecular weight is 346 g/mol. The first kappa shape index (κ1) is 19.2. The summed E-state index contributed by atoms with van der Waals surface area (Å²) in [6.45, 7) is 5.18. The second-order valence-corrected chi connectivity index (χ2v) is 6.69. The van der Waals surface area contributed by atoms with Crippen LogP contribution in [0.4, 0.5) is 9.18 Å². The molecule has 23 heavy (non-hydrogen) atoms. The van der Waals surface area contributed by atoms with E-state index in [1.165, 1.54) is 12.1 Å². The van der Waals surface area contributed by atoms with Crippen LogP contribution >= 0.6 is 11.6 Å². The fraction of sp³-hybridized carbons (Fsp3) is 0.500. The molecule has 0 aromatic heterocycles. The molecule has 1 aromatic rings. The number of ether oxygens (including phenoxy) is 1. The number of nitrogens with one attached hydrogen (secondary N) is 1. The molecule has 0 aliphatic rings. The van der Waals surface area contributed by atoms with Crippen molar-refractivity contribution in [2.75, 3.05) is 0 Å². The Morgan fingerprint density at radius 3 is 2.52 bits per heavy atom. The number of carboxylic acid groups (broad SMARTS) is 1. The van der Waals surface area contributed by atoms with E-state index in [9.17, 15) is 14.0 Å². The molecule has 0 saturated heterocycles. The molecule has 1 aromatic carbocycles. The first-order valence-corrected chi connectivity index (χ1v) is 7.59. The van der Waals surface area contributed by atoms with Gasteiger partial charge in [0.15, 0.2) is 0 Å². The van der Waals surface area contributed by atoms with Gasteiger partial charge in [-0.2, -0.15) is 0 Å². The van der Waals surface area contributed by atoms with Crippen LogP contribution in [0.2, 0.25) is 5.02 Å². The zero-order chi connectivity index (χ0) is 17.6. The molecule has 0 radical (unpaired) electrons. The fourth-order valence-electron chi connectivity index (χ4n) is 2.01. The van der Waals surface area contributed by atoms with Gasteiger partial charge in [0.2, 0.25) is 0 Å². The lowest BCUT2D eigenvalue weighted by Gasteiger charge is -2.23. The van der Waals surface area contributed by atoms with Crippen molar-refractivity contribution in [3.63, 3.8) is 0 Å². The summed E-state index contributed by atoms with van der Waals surface area (Å²) < 4.78 is 18.5. The van der Waals surface area contributed by atoms with Crippen LogP contribution in [-0.4, -0.2) is 28.8 Å². The van der Waals surface area contributed by atoms with E-state index in [0.717, 1.165) is 0 Å². The van der Waals surface area contributed by atoms with Crippen LogP contribution in [0.5, 0.6) is 0 Å². The van der Waals surface area contributed by atoms with Gasteiger partial charge >= 0.3 is 12.1 Å². The van der Waals surface area contributed by atoms with E-state index in [1.807, 2.05) is 0 Å². The van der Waals surface area contributed by atoms with E-state index < -0.39 is 29.5 Å². The minimum atomic E-state index is -0.974. The molecule has 1 atom stereocenters. The lowest BCUT2D eigenvalue weighted by Crippen LogP contribution is -2.40. The van der Waals surface area contributed by atoms with Gasteiger partial charge in [-0.05, 0) is 57.4 Å². The number of rotatable bonds is 6. The predicted molar refractivity (Wildman–Crippen MR) is 85.1 cm³/mol. The number of amides is 1. The Hall–Kier alpha value is -1.82. The highest BCUT2D eigenvalue weighted by Crippen LogP contribution is 2.17. The molecule has 0 heterocycles. The standard InChI is InChI=1S/C16H21ClFNO4/c1-16(2,3)23-15(22)19-13(4-5-14(20)21)8-10-6-11(17)9-12(18)7-10/h6-7,9,13H,4-5,8H2,1-3H3,(H,19,22)(H,20,21). The van der Waals surface area contributed by atoms with Crippen LogP contribution in [0, 0.1) is 5.82 Å². The van der Waals surface area contributed by atoms with Crippen molar-refractivity contribution in [2.24, 2.45) is 0 Å². The van der Waals surface area contributed by atoms with Crippen LogP contribution in [-0.2, 0) is 16.0 Å². The van der Waals surface area contributed by atoms with E-state index in [-0.39, 0.29) is 24.3 Å². The largest absolute Gasteiger partial charge is 0.481 e.